The van der Waals surface area contributed by atoms with Gasteiger partial charge in [0.05, 0.1) is 5.56 Å². The predicted molar refractivity (Wildman–Crippen MR) is 80.7 cm³/mol. The number of nitrogens with one attached hydrogen (secondary N) is 2. The molecule has 5 heteroatoms. The topological polar surface area (TPSA) is 84.2 Å². The number of benzene rings is 1. The number of carbonyl (C=O) groups excluding carboxylic acids is 2. The van der Waals surface area contributed by atoms with Crippen LogP contribution < -0.4 is 16.4 Å². The van der Waals surface area contributed by atoms with Gasteiger partial charge in [0.15, 0.2) is 0 Å². The average molecular weight is 277 g/mol. The first-order valence-electron chi connectivity index (χ1n) is 6.87. The fourth-order valence-electron chi connectivity index (χ4n) is 1.92. The van der Waals surface area contributed by atoms with Crippen molar-refractivity contribution in [1.82, 2.24) is 5.32 Å². The molecule has 0 aliphatic carbocycles. The summed E-state index contributed by atoms with van der Waals surface area (Å²) in [6.45, 7) is 6.61. The van der Waals surface area contributed by atoms with Gasteiger partial charge in [0.25, 0.3) is 5.91 Å². The number of anilines is 1. The second-order valence-corrected chi connectivity index (χ2v) is 5.02. The molecule has 1 unspecified atom stereocenters. The van der Waals surface area contributed by atoms with Gasteiger partial charge in [0, 0.05) is 24.7 Å². The standard InChI is InChI=1S/C15H23N3O2/c1-4-7-17-13-8-10(2)5-6-12(13)15(20)18-11(3)9-14(16)19/h5-6,8,11,17H,4,7,9H2,1-3H3,(H2,16,19)(H,18,20). The maximum absolute atomic E-state index is 12.2. The molecule has 0 aliphatic rings. The highest BCUT2D eigenvalue weighted by molar-refractivity contribution is 6.00. The Morgan fingerprint density at radius 3 is 2.65 bits per heavy atom. The van der Waals surface area contributed by atoms with Crippen LogP contribution in [0.3, 0.4) is 0 Å². The van der Waals surface area contributed by atoms with Crippen LogP contribution in [0.15, 0.2) is 18.2 Å². The molecule has 0 heterocycles. The Bertz CT molecular complexity index is 486. The lowest BCUT2D eigenvalue weighted by Crippen LogP contribution is -2.36. The molecule has 1 rings (SSSR count). The van der Waals surface area contributed by atoms with E-state index in [0.29, 0.717) is 5.56 Å². The Morgan fingerprint density at radius 1 is 1.35 bits per heavy atom. The molecule has 0 radical (unpaired) electrons. The van der Waals surface area contributed by atoms with E-state index in [-0.39, 0.29) is 18.4 Å². The van der Waals surface area contributed by atoms with Crippen LogP contribution in [0, 0.1) is 6.92 Å². The highest BCUT2D eigenvalue weighted by Crippen LogP contribution is 2.18. The van der Waals surface area contributed by atoms with E-state index in [4.69, 9.17) is 5.73 Å². The molecule has 0 saturated heterocycles. The third-order valence-corrected chi connectivity index (χ3v) is 2.87. The molecular formula is C15H23N3O2. The molecule has 0 spiro atoms. The minimum Gasteiger partial charge on any atom is -0.384 e. The molecule has 1 aromatic carbocycles. The number of hydrogen-bond acceptors (Lipinski definition) is 3. The van der Waals surface area contributed by atoms with Crippen molar-refractivity contribution in [1.29, 1.82) is 0 Å². The summed E-state index contributed by atoms with van der Waals surface area (Å²) in [5.41, 5.74) is 7.61. The monoisotopic (exact) mass is 277 g/mol. The van der Waals surface area contributed by atoms with Crippen LogP contribution in [0.25, 0.3) is 0 Å². The summed E-state index contributed by atoms with van der Waals surface area (Å²) in [5, 5.41) is 6.03. The van der Waals surface area contributed by atoms with Crippen molar-refractivity contribution < 1.29 is 9.59 Å². The third-order valence-electron chi connectivity index (χ3n) is 2.87. The van der Waals surface area contributed by atoms with E-state index in [2.05, 4.69) is 17.6 Å². The smallest absolute Gasteiger partial charge is 0.253 e. The summed E-state index contributed by atoms with van der Waals surface area (Å²) in [7, 11) is 0. The molecule has 1 aromatic rings. The molecule has 1 atom stereocenters. The number of aryl methyl sites for hydroxylation is 1. The third kappa shape index (κ3) is 4.91. The number of primary amides is 1. The van der Waals surface area contributed by atoms with E-state index >= 15 is 0 Å². The molecule has 0 fully saturated rings. The lowest BCUT2D eigenvalue weighted by molar-refractivity contribution is -0.118. The molecule has 110 valence electrons. The zero-order valence-corrected chi connectivity index (χ0v) is 12.3. The molecule has 0 aromatic heterocycles. The predicted octanol–water partition coefficient (Wildman–Crippen LogP) is 1.81. The van der Waals surface area contributed by atoms with Gasteiger partial charge in [-0.05, 0) is 38.0 Å². The summed E-state index contributed by atoms with van der Waals surface area (Å²) >= 11 is 0. The van der Waals surface area contributed by atoms with Gasteiger partial charge in [0.1, 0.15) is 0 Å². The normalized spacial score (nSPS) is 11.8. The van der Waals surface area contributed by atoms with E-state index in [1.807, 2.05) is 19.1 Å². The molecule has 4 N–H and O–H groups in total. The van der Waals surface area contributed by atoms with Gasteiger partial charge in [-0.15, -0.1) is 0 Å². The Kier molecular flexibility index (Phi) is 6.03. The fraction of sp³-hybridized carbons (Fsp3) is 0.467. The largest absolute Gasteiger partial charge is 0.384 e. The zero-order chi connectivity index (χ0) is 15.1. The van der Waals surface area contributed by atoms with E-state index in [1.54, 1.807) is 13.0 Å². The van der Waals surface area contributed by atoms with Crippen molar-refractivity contribution in [3.8, 4) is 0 Å². The van der Waals surface area contributed by atoms with Gasteiger partial charge in [-0.25, -0.2) is 0 Å². The quantitative estimate of drug-likeness (QED) is 0.710. The van der Waals surface area contributed by atoms with Crippen LogP contribution in [0.2, 0.25) is 0 Å². The fourth-order valence-corrected chi connectivity index (χ4v) is 1.92. The van der Waals surface area contributed by atoms with Gasteiger partial charge < -0.3 is 16.4 Å². The van der Waals surface area contributed by atoms with Gasteiger partial charge in [-0.2, -0.15) is 0 Å². The first kappa shape index (κ1) is 16.0. The summed E-state index contributed by atoms with van der Waals surface area (Å²) in [5.74, 6) is -0.622. The van der Waals surface area contributed by atoms with Crippen LogP contribution >= 0.6 is 0 Å². The van der Waals surface area contributed by atoms with Crippen LogP contribution in [-0.2, 0) is 4.79 Å². The molecule has 0 saturated carbocycles. The maximum Gasteiger partial charge on any atom is 0.253 e. The number of rotatable bonds is 7. The van der Waals surface area contributed by atoms with Crippen molar-refractivity contribution in [2.24, 2.45) is 5.73 Å². The first-order valence-corrected chi connectivity index (χ1v) is 6.87. The molecule has 20 heavy (non-hydrogen) atoms. The zero-order valence-electron chi connectivity index (χ0n) is 12.3. The van der Waals surface area contributed by atoms with Gasteiger partial charge in [-0.3, -0.25) is 9.59 Å². The van der Waals surface area contributed by atoms with Gasteiger partial charge in [-0.1, -0.05) is 13.0 Å². The van der Waals surface area contributed by atoms with Gasteiger partial charge in [0.2, 0.25) is 5.91 Å². The summed E-state index contributed by atoms with van der Waals surface area (Å²) in [6.07, 6.45) is 1.11. The van der Waals surface area contributed by atoms with Gasteiger partial charge >= 0.3 is 0 Å². The van der Waals surface area contributed by atoms with Crippen molar-refractivity contribution >= 4 is 17.5 Å². The number of nitrogens with two attached hydrogens (primary N) is 1. The lowest BCUT2D eigenvalue weighted by atomic mass is 10.1. The minimum atomic E-state index is -0.425. The van der Waals surface area contributed by atoms with Crippen molar-refractivity contribution in [2.75, 3.05) is 11.9 Å². The van der Waals surface area contributed by atoms with Crippen LogP contribution in [0.1, 0.15) is 42.6 Å². The molecular weight excluding hydrogens is 254 g/mol. The summed E-state index contributed by atoms with van der Waals surface area (Å²) < 4.78 is 0. The molecule has 0 aliphatic heterocycles. The van der Waals surface area contributed by atoms with E-state index in [9.17, 15) is 9.59 Å². The van der Waals surface area contributed by atoms with Crippen LogP contribution in [-0.4, -0.2) is 24.4 Å². The summed E-state index contributed by atoms with van der Waals surface area (Å²) in [6, 6.07) is 5.36. The summed E-state index contributed by atoms with van der Waals surface area (Å²) in [4.78, 5) is 23.1. The van der Waals surface area contributed by atoms with Crippen molar-refractivity contribution in [3.05, 3.63) is 29.3 Å². The second kappa shape index (κ2) is 7.53. The van der Waals surface area contributed by atoms with Crippen LogP contribution in [0.4, 0.5) is 5.69 Å². The Balaban J connectivity index is 2.83. The minimum absolute atomic E-state index is 0.134. The average Bonchev–Trinajstić information content (AvgIpc) is 2.35. The number of hydrogen-bond donors (Lipinski definition) is 3. The highest BCUT2D eigenvalue weighted by Gasteiger charge is 2.15. The first-order chi connectivity index (χ1) is 9.43. The molecule has 5 nitrogen and oxygen atoms in total. The lowest BCUT2D eigenvalue weighted by Gasteiger charge is -2.15. The van der Waals surface area contributed by atoms with Crippen molar-refractivity contribution in [3.63, 3.8) is 0 Å². The molecule has 0 bridgehead atoms. The van der Waals surface area contributed by atoms with E-state index < -0.39 is 5.91 Å². The van der Waals surface area contributed by atoms with Crippen LogP contribution in [0.5, 0.6) is 0 Å². The number of carbonyl (C=O) groups is 2. The number of amides is 2. The highest BCUT2D eigenvalue weighted by atomic mass is 16.2. The Hall–Kier alpha value is -2.04. The SMILES string of the molecule is CCCNc1cc(C)ccc1C(=O)NC(C)CC(N)=O. The maximum atomic E-state index is 12.2. The van der Waals surface area contributed by atoms with E-state index in [1.165, 1.54) is 0 Å². The van der Waals surface area contributed by atoms with E-state index in [0.717, 1.165) is 24.2 Å². The second-order valence-electron chi connectivity index (χ2n) is 5.02. The Labute approximate surface area is 119 Å². The molecule has 2 amide bonds. The Morgan fingerprint density at radius 2 is 2.05 bits per heavy atom. The van der Waals surface area contributed by atoms with Crippen molar-refractivity contribution in [2.45, 2.75) is 39.7 Å².